The van der Waals surface area contributed by atoms with Crippen LogP contribution in [0.3, 0.4) is 0 Å². The van der Waals surface area contributed by atoms with Crippen LogP contribution in [0.4, 0.5) is 34.1 Å². The number of rotatable bonds is 3. The molecule has 348 valence electrons. The predicted octanol–water partition coefficient (Wildman–Crippen LogP) is 16.4. The number of hydrogen-bond acceptors (Lipinski definition) is 2. The Bertz CT molecular complexity index is 2910. The third kappa shape index (κ3) is 7.99. The van der Waals surface area contributed by atoms with Gasteiger partial charge in [0.2, 0.25) is 0 Å². The zero-order valence-electron chi connectivity index (χ0n) is 44.8. The first-order valence-electron chi connectivity index (χ1n) is 25.4. The first-order chi connectivity index (χ1) is 31.0. The molecule has 2 heterocycles. The molecule has 3 heteroatoms. The Labute approximate surface area is 406 Å². The topological polar surface area (TPSA) is 6.48 Å². The van der Waals surface area contributed by atoms with E-state index in [1.54, 1.807) is 5.56 Å². The van der Waals surface area contributed by atoms with E-state index in [1.807, 2.05) is 0 Å². The summed E-state index contributed by atoms with van der Waals surface area (Å²) in [7, 11) is 0. The quantitative estimate of drug-likeness (QED) is 0.163. The van der Waals surface area contributed by atoms with Crippen LogP contribution in [0.2, 0.25) is 0 Å². The second kappa shape index (κ2) is 15.5. The molecule has 0 saturated heterocycles. The number of fused-ring (bicyclic) bond motifs is 5. The lowest BCUT2D eigenvalue weighted by molar-refractivity contribution is 0.391. The number of aryl methyl sites for hydroxylation is 1. The van der Waals surface area contributed by atoms with Gasteiger partial charge in [0.25, 0.3) is 6.71 Å². The van der Waals surface area contributed by atoms with Gasteiger partial charge in [-0.1, -0.05) is 185 Å². The van der Waals surface area contributed by atoms with E-state index in [0.717, 1.165) is 6.42 Å². The molecule has 3 aliphatic rings. The highest BCUT2D eigenvalue weighted by molar-refractivity contribution is 7.00. The molecule has 1 aliphatic carbocycles. The number of anilines is 6. The molecule has 0 saturated carbocycles. The number of benzene rings is 6. The summed E-state index contributed by atoms with van der Waals surface area (Å²) in [5.41, 5.74) is 25.8. The molecule has 6 aromatic rings. The molecule has 0 radical (unpaired) electrons. The van der Waals surface area contributed by atoms with Crippen LogP contribution in [0.25, 0.3) is 11.1 Å². The summed E-state index contributed by atoms with van der Waals surface area (Å²) in [6, 6.07) is 41.6. The minimum absolute atomic E-state index is 0.00934. The Hall–Kier alpha value is -5.02. The van der Waals surface area contributed by atoms with E-state index in [2.05, 4.69) is 244 Å². The van der Waals surface area contributed by atoms with Crippen molar-refractivity contribution in [3.63, 3.8) is 0 Å². The lowest BCUT2D eigenvalue weighted by atomic mass is 9.33. The fraction of sp³-hybridized carbons (Fsp3) is 0.438. The zero-order chi connectivity index (χ0) is 48.7. The predicted molar refractivity (Wildman–Crippen MR) is 295 cm³/mol. The largest absolute Gasteiger partial charge is 0.311 e. The van der Waals surface area contributed by atoms with Crippen LogP contribution in [-0.2, 0) is 32.5 Å². The Kier molecular flexibility index (Phi) is 10.9. The first kappa shape index (κ1) is 47.1. The van der Waals surface area contributed by atoms with Gasteiger partial charge in [0.15, 0.2) is 0 Å². The molecule has 67 heavy (non-hydrogen) atoms. The van der Waals surface area contributed by atoms with Gasteiger partial charge in [-0.05, 0) is 167 Å². The minimum atomic E-state index is -0.0520. The third-order valence-corrected chi connectivity index (χ3v) is 15.7. The first-order valence-corrected chi connectivity index (χ1v) is 25.4. The average molecular weight is 887 g/mol. The van der Waals surface area contributed by atoms with E-state index in [1.165, 1.54) is 107 Å². The smallest absolute Gasteiger partial charge is 0.252 e. The van der Waals surface area contributed by atoms with Crippen LogP contribution in [0.5, 0.6) is 0 Å². The summed E-state index contributed by atoms with van der Waals surface area (Å²) in [6.07, 6.45) is 2.33. The minimum Gasteiger partial charge on any atom is -0.311 e. The molecule has 2 aliphatic heterocycles. The summed E-state index contributed by atoms with van der Waals surface area (Å²) in [6.45, 7) is 45.3. The van der Waals surface area contributed by atoms with Crippen molar-refractivity contribution < 1.29 is 0 Å². The third-order valence-electron chi connectivity index (χ3n) is 15.7. The van der Waals surface area contributed by atoms with Gasteiger partial charge in [-0.3, -0.25) is 0 Å². The van der Waals surface area contributed by atoms with Gasteiger partial charge in [-0.2, -0.15) is 0 Å². The second-order valence-corrected chi connectivity index (χ2v) is 26.7. The van der Waals surface area contributed by atoms with E-state index in [-0.39, 0.29) is 39.2 Å². The van der Waals surface area contributed by atoms with Crippen molar-refractivity contribution in [3.05, 3.63) is 148 Å². The molecule has 2 nitrogen and oxygen atoms in total. The van der Waals surface area contributed by atoms with Crippen LogP contribution in [-0.4, -0.2) is 6.71 Å². The molecule has 6 aromatic carbocycles. The van der Waals surface area contributed by atoms with E-state index in [4.69, 9.17) is 0 Å². The normalized spacial score (nSPS) is 16.9. The van der Waals surface area contributed by atoms with Crippen molar-refractivity contribution in [2.24, 2.45) is 0 Å². The summed E-state index contributed by atoms with van der Waals surface area (Å²) in [5, 5.41) is 0. The molecule has 0 amide bonds. The lowest BCUT2D eigenvalue weighted by Gasteiger charge is -2.48. The van der Waals surface area contributed by atoms with Crippen molar-refractivity contribution in [2.75, 3.05) is 9.80 Å². The van der Waals surface area contributed by atoms with Crippen LogP contribution in [0.15, 0.2) is 103 Å². The SMILES string of the molecule is Cc1cc2c3c(c1)N(c1c(-c4ccc(C(C)(C)C)cc4)cc(C(C)(C)C)c4c1C(C)CCC4(C)C)c1ccc(C(C)(C)C)cc1B3c1cc(C(C)(C)C)ccc1N2c1ccc(C(C)(C)C)cc1. The molecule has 9 rings (SSSR count). The van der Waals surface area contributed by atoms with E-state index < -0.39 is 0 Å². The molecule has 0 aromatic heterocycles. The molecule has 0 bridgehead atoms. The monoisotopic (exact) mass is 887 g/mol. The van der Waals surface area contributed by atoms with Gasteiger partial charge in [0, 0.05) is 34.0 Å². The highest BCUT2D eigenvalue weighted by atomic mass is 15.2. The van der Waals surface area contributed by atoms with Crippen molar-refractivity contribution in [1.29, 1.82) is 0 Å². The lowest BCUT2D eigenvalue weighted by Crippen LogP contribution is -2.62. The summed E-state index contributed by atoms with van der Waals surface area (Å²) in [4.78, 5) is 5.38. The highest BCUT2D eigenvalue weighted by Crippen LogP contribution is 2.57. The molecule has 1 atom stereocenters. The maximum atomic E-state index is 2.78. The van der Waals surface area contributed by atoms with Gasteiger partial charge in [0.05, 0.1) is 5.69 Å². The zero-order valence-corrected chi connectivity index (χ0v) is 44.8. The summed E-state index contributed by atoms with van der Waals surface area (Å²) >= 11 is 0. The summed E-state index contributed by atoms with van der Waals surface area (Å²) in [5.74, 6) is 0.372. The molecule has 0 N–H and O–H groups in total. The van der Waals surface area contributed by atoms with Crippen LogP contribution >= 0.6 is 0 Å². The molecule has 1 unspecified atom stereocenters. The Morgan fingerprint density at radius 2 is 0.955 bits per heavy atom. The summed E-state index contributed by atoms with van der Waals surface area (Å²) < 4.78 is 0. The van der Waals surface area contributed by atoms with E-state index in [9.17, 15) is 0 Å². The Balaban J connectivity index is 1.46. The van der Waals surface area contributed by atoms with Crippen molar-refractivity contribution in [1.82, 2.24) is 0 Å². The number of nitrogens with zero attached hydrogens (tertiary/aromatic N) is 2. The van der Waals surface area contributed by atoms with E-state index in [0.29, 0.717) is 5.92 Å². The molecule has 0 spiro atoms. The fourth-order valence-electron chi connectivity index (χ4n) is 11.7. The van der Waals surface area contributed by atoms with Crippen molar-refractivity contribution in [2.45, 2.75) is 183 Å². The van der Waals surface area contributed by atoms with Gasteiger partial charge in [-0.25, -0.2) is 0 Å². The van der Waals surface area contributed by atoms with Crippen LogP contribution in [0, 0.1) is 6.92 Å². The van der Waals surface area contributed by atoms with Crippen LogP contribution in [0.1, 0.15) is 188 Å². The maximum Gasteiger partial charge on any atom is 0.252 e. The van der Waals surface area contributed by atoms with Crippen molar-refractivity contribution in [3.8, 4) is 11.1 Å². The average Bonchev–Trinajstić information content (AvgIpc) is 3.22. The van der Waals surface area contributed by atoms with E-state index >= 15 is 0 Å². The highest BCUT2D eigenvalue weighted by Gasteiger charge is 2.47. The molecular weight excluding hydrogens is 808 g/mol. The second-order valence-electron chi connectivity index (χ2n) is 26.7. The van der Waals surface area contributed by atoms with Crippen molar-refractivity contribution >= 4 is 57.2 Å². The molecule has 0 fully saturated rings. The Morgan fingerprint density at radius 1 is 0.507 bits per heavy atom. The van der Waals surface area contributed by atoms with Gasteiger partial charge < -0.3 is 9.80 Å². The molecular formula is C64H79BN2. The maximum absolute atomic E-state index is 2.78. The number of hydrogen-bond donors (Lipinski definition) is 0. The van der Waals surface area contributed by atoms with Gasteiger partial charge in [0.1, 0.15) is 0 Å². The fourth-order valence-corrected chi connectivity index (χ4v) is 11.7. The van der Waals surface area contributed by atoms with Crippen LogP contribution < -0.4 is 26.2 Å². The Morgan fingerprint density at radius 3 is 1.43 bits per heavy atom. The van der Waals surface area contributed by atoms with Gasteiger partial charge >= 0.3 is 0 Å². The van der Waals surface area contributed by atoms with Gasteiger partial charge in [-0.15, -0.1) is 0 Å². The standard InChI is InChI=1S/C64H79BN2/c1-39-34-53-57-54(35-39)67(58-47(41-20-22-42(23-21-41)59(3,4)5)38-48(63(15,16)17)56-55(58)40(2)32-33-64(56,18)19)52-31-27-45(62(12,13)14)37-50(52)65(57)49-36-44(61(9,10)11)26-30-51(49)66(53)46-28-24-43(25-29-46)60(6,7)8/h20-31,34-38,40H,32-33H2,1-19H3.